The van der Waals surface area contributed by atoms with Gasteiger partial charge in [0.2, 0.25) is 0 Å². The summed E-state index contributed by atoms with van der Waals surface area (Å²) in [5, 5.41) is 0. The zero-order chi connectivity index (χ0) is 17.1. The van der Waals surface area contributed by atoms with Gasteiger partial charge in [0.1, 0.15) is 0 Å². The van der Waals surface area contributed by atoms with Gasteiger partial charge in [-0.25, -0.2) is 0 Å². The van der Waals surface area contributed by atoms with Crippen molar-refractivity contribution in [3.63, 3.8) is 0 Å². The predicted octanol–water partition coefficient (Wildman–Crippen LogP) is 5.65. The molecule has 2 aromatic rings. The SMILES string of the molecule is CCCC(C[C@@H]1CC2CCN1CC2)(c1ccccc1)c1ccccc1. The molecule has 3 heterocycles. The lowest BCUT2D eigenvalue weighted by Gasteiger charge is -2.49. The van der Waals surface area contributed by atoms with Gasteiger partial charge in [-0.3, -0.25) is 0 Å². The van der Waals surface area contributed by atoms with Crippen LogP contribution in [0.4, 0.5) is 0 Å². The maximum Gasteiger partial charge on any atom is 0.0217 e. The van der Waals surface area contributed by atoms with Crippen LogP contribution in [0.1, 0.15) is 56.6 Å². The van der Waals surface area contributed by atoms with E-state index in [1.54, 1.807) is 0 Å². The van der Waals surface area contributed by atoms with Gasteiger partial charge in [0.15, 0.2) is 0 Å². The molecule has 25 heavy (non-hydrogen) atoms. The normalized spacial score (nSPS) is 25.9. The molecule has 0 N–H and O–H groups in total. The number of rotatable bonds is 6. The lowest BCUT2D eigenvalue weighted by atomic mass is 9.65. The number of hydrogen-bond acceptors (Lipinski definition) is 1. The molecule has 1 nitrogen and oxygen atoms in total. The highest BCUT2D eigenvalue weighted by molar-refractivity contribution is 5.39. The second-order valence-corrected chi connectivity index (χ2v) is 8.14. The van der Waals surface area contributed by atoms with Crippen molar-refractivity contribution in [3.05, 3.63) is 71.8 Å². The fourth-order valence-corrected chi connectivity index (χ4v) is 5.44. The van der Waals surface area contributed by atoms with Crippen molar-refractivity contribution in [3.8, 4) is 0 Å². The Kier molecular flexibility index (Phi) is 4.94. The molecule has 0 saturated carbocycles. The first-order chi connectivity index (χ1) is 12.3. The molecule has 0 aromatic heterocycles. The first-order valence-corrected chi connectivity index (χ1v) is 10.2. The number of piperidine rings is 3. The summed E-state index contributed by atoms with van der Waals surface area (Å²) in [4.78, 5) is 2.79. The Balaban J connectivity index is 1.74. The average Bonchev–Trinajstić information content (AvgIpc) is 2.70. The molecular weight excluding hydrogens is 302 g/mol. The van der Waals surface area contributed by atoms with Crippen LogP contribution in [0.3, 0.4) is 0 Å². The Morgan fingerprint density at radius 2 is 1.44 bits per heavy atom. The molecule has 1 atom stereocenters. The van der Waals surface area contributed by atoms with E-state index in [0.29, 0.717) is 0 Å². The largest absolute Gasteiger partial charge is 0.300 e. The second kappa shape index (κ2) is 7.33. The van der Waals surface area contributed by atoms with Crippen LogP contribution < -0.4 is 0 Å². The number of benzene rings is 2. The van der Waals surface area contributed by atoms with E-state index in [4.69, 9.17) is 0 Å². The van der Waals surface area contributed by atoms with Crippen LogP contribution in [-0.2, 0) is 5.41 Å². The number of nitrogens with zero attached hydrogens (tertiary/aromatic N) is 1. The molecule has 132 valence electrons. The molecular formula is C24H31N. The summed E-state index contributed by atoms with van der Waals surface area (Å²) in [5.74, 6) is 0.973. The highest BCUT2D eigenvalue weighted by Gasteiger charge is 2.41. The molecule has 3 saturated heterocycles. The number of hydrogen-bond donors (Lipinski definition) is 0. The monoisotopic (exact) mass is 333 g/mol. The third-order valence-corrected chi connectivity index (χ3v) is 6.68. The molecule has 0 radical (unpaired) electrons. The van der Waals surface area contributed by atoms with Crippen LogP contribution in [0.2, 0.25) is 0 Å². The van der Waals surface area contributed by atoms with E-state index in [1.165, 1.54) is 62.7 Å². The second-order valence-electron chi connectivity index (χ2n) is 8.14. The Morgan fingerprint density at radius 3 is 1.88 bits per heavy atom. The first-order valence-electron chi connectivity index (χ1n) is 10.2. The molecule has 0 amide bonds. The van der Waals surface area contributed by atoms with E-state index in [0.717, 1.165) is 12.0 Å². The van der Waals surface area contributed by atoms with E-state index in [9.17, 15) is 0 Å². The summed E-state index contributed by atoms with van der Waals surface area (Å²) >= 11 is 0. The van der Waals surface area contributed by atoms with Crippen molar-refractivity contribution >= 4 is 0 Å². The molecule has 2 aromatic carbocycles. The lowest BCUT2D eigenvalue weighted by Crippen LogP contribution is -2.51. The third kappa shape index (κ3) is 3.27. The van der Waals surface area contributed by atoms with Gasteiger partial charge in [-0.2, -0.15) is 0 Å². The van der Waals surface area contributed by atoms with Crippen LogP contribution in [0.25, 0.3) is 0 Å². The maximum atomic E-state index is 2.79. The van der Waals surface area contributed by atoms with Crippen LogP contribution in [0.5, 0.6) is 0 Å². The van der Waals surface area contributed by atoms with Crippen molar-refractivity contribution in [1.82, 2.24) is 4.90 Å². The zero-order valence-electron chi connectivity index (χ0n) is 15.5. The van der Waals surface area contributed by atoms with Crippen molar-refractivity contribution in [2.75, 3.05) is 13.1 Å². The van der Waals surface area contributed by atoms with Crippen molar-refractivity contribution < 1.29 is 0 Å². The summed E-state index contributed by atoms with van der Waals surface area (Å²) < 4.78 is 0. The van der Waals surface area contributed by atoms with E-state index in [1.807, 2.05) is 0 Å². The van der Waals surface area contributed by atoms with Crippen LogP contribution in [-0.4, -0.2) is 24.0 Å². The molecule has 3 aliphatic heterocycles. The predicted molar refractivity (Wildman–Crippen MR) is 106 cm³/mol. The summed E-state index contributed by atoms with van der Waals surface area (Å²) in [6.45, 7) is 4.98. The summed E-state index contributed by atoms with van der Waals surface area (Å²) in [6.07, 6.45) is 7.98. The van der Waals surface area contributed by atoms with Gasteiger partial charge in [-0.1, -0.05) is 74.0 Å². The smallest absolute Gasteiger partial charge is 0.0217 e. The van der Waals surface area contributed by atoms with E-state index >= 15 is 0 Å². The minimum absolute atomic E-state index is 0.152. The van der Waals surface area contributed by atoms with Gasteiger partial charge in [-0.15, -0.1) is 0 Å². The third-order valence-electron chi connectivity index (χ3n) is 6.68. The summed E-state index contributed by atoms with van der Waals surface area (Å²) in [6, 6.07) is 23.4. The molecule has 2 bridgehead atoms. The Hall–Kier alpha value is -1.60. The van der Waals surface area contributed by atoms with E-state index < -0.39 is 0 Å². The Morgan fingerprint density at radius 1 is 0.880 bits per heavy atom. The van der Waals surface area contributed by atoms with Crippen LogP contribution in [0.15, 0.2) is 60.7 Å². The minimum Gasteiger partial charge on any atom is -0.300 e. The Labute approximate surface area is 153 Å². The first kappa shape index (κ1) is 16.8. The quantitative estimate of drug-likeness (QED) is 0.660. The summed E-state index contributed by atoms with van der Waals surface area (Å²) in [7, 11) is 0. The van der Waals surface area contributed by atoms with Crippen molar-refractivity contribution in [2.45, 2.75) is 56.9 Å². The highest BCUT2D eigenvalue weighted by atomic mass is 15.2. The topological polar surface area (TPSA) is 3.24 Å². The molecule has 3 aliphatic rings. The fourth-order valence-electron chi connectivity index (χ4n) is 5.44. The fraction of sp³-hybridized carbons (Fsp3) is 0.500. The average molecular weight is 334 g/mol. The van der Waals surface area contributed by atoms with Gasteiger partial charge in [-0.05, 0) is 62.2 Å². The van der Waals surface area contributed by atoms with Crippen molar-refractivity contribution in [2.24, 2.45) is 5.92 Å². The standard InChI is InChI=1S/C24H31N/c1-2-15-24(21-9-5-3-6-10-21,22-11-7-4-8-12-22)19-23-18-20-13-16-25(23)17-14-20/h3-12,20,23H,2,13-19H2,1H3/t23-/m0/s1. The van der Waals surface area contributed by atoms with E-state index in [2.05, 4.69) is 72.5 Å². The molecule has 0 aliphatic carbocycles. The van der Waals surface area contributed by atoms with Gasteiger partial charge in [0.05, 0.1) is 0 Å². The lowest BCUT2D eigenvalue weighted by molar-refractivity contribution is 0.0344. The highest BCUT2D eigenvalue weighted by Crippen LogP contribution is 2.45. The Bertz CT molecular complexity index is 616. The van der Waals surface area contributed by atoms with Crippen LogP contribution in [0, 0.1) is 5.92 Å². The molecule has 0 unspecified atom stereocenters. The molecule has 5 rings (SSSR count). The van der Waals surface area contributed by atoms with Crippen molar-refractivity contribution in [1.29, 1.82) is 0 Å². The zero-order valence-corrected chi connectivity index (χ0v) is 15.5. The van der Waals surface area contributed by atoms with Gasteiger partial charge in [0, 0.05) is 11.5 Å². The van der Waals surface area contributed by atoms with E-state index in [-0.39, 0.29) is 5.41 Å². The van der Waals surface area contributed by atoms with Gasteiger partial charge < -0.3 is 4.90 Å². The maximum absolute atomic E-state index is 2.79. The molecule has 3 fully saturated rings. The van der Waals surface area contributed by atoms with Crippen LogP contribution >= 0.6 is 0 Å². The molecule has 1 heteroatoms. The minimum atomic E-state index is 0.152. The summed E-state index contributed by atoms with van der Waals surface area (Å²) in [5.41, 5.74) is 3.16. The number of fused-ring (bicyclic) bond motifs is 3. The molecule has 0 spiro atoms. The van der Waals surface area contributed by atoms with Gasteiger partial charge >= 0.3 is 0 Å². The van der Waals surface area contributed by atoms with Gasteiger partial charge in [0.25, 0.3) is 0 Å².